The van der Waals surface area contributed by atoms with E-state index < -0.39 is 30.6 Å². The first-order valence-corrected chi connectivity index (χ1v) is 10.7. The van der Waals surface area contributed by atoms with Crippen LogP contribution in [0.25, 0.3) is 0 Å². The number of esters is 1. The smallest absolute Gasteiger partial charge is 0.351 e. The van der Waals surface area contributed by atoms with E-state index in [-0.39, 0.29) is 6.61 Å². The summed E-state index contributed by atoms with van der Waals surface area (Å²) in [5.41, 5.74) is 1.54. The zero-order chi connectivity index (χ0) is 22.8. The van der Waals surface area contributed by atoms with Crippen LogP contribution in [0.1, 0.15) is 23.8 Å². The molecule has 168 valence electrons. The predicted octanol–water partition coefficient (Wildman–Crippen LogP) is 3.99. The number of ether oxygens (including phenoxy) is 3. The molecule has 0 radical (unpaired) electrons. The Hall–Kier alpha value is -3.78. The highest BCUT2D eigenvalue weighted by atomic mass is 35.5. The van der Waals surface area contributed by atoms with Gasteiger partial charge in [0.15, 0.2) is 18.1 Å². The third kappa shape index (κ3) is 4.42. The lowest BCUT2D eigenvalue weighted by atomic mass is 10.0. The average Bonchev–Trinajstić information content (AvgIpc) is 3.53. The van der Waals surface area contributed by atoms with Gasteiger partial charge in [-0.05, 0) is 42.0 Å². The van der Waals surface area contributed by atoms with Crippen LogP contribution in [-0.4, -0.2) is 41.9 Å². The van der Waals surface area contributed by atoms with Crippen LogP contribution in [0, 0.1) is 0 Å². The molecular formula is C24H19ClN2O6. The molecule has 3 aromatic rings. The highest BCUT2D eigenvalue weighted by Gasteiger charge is 2.36. The molecule has 0 bridgehead atoms. The van der Waals surface area contributed by atoms with E-state index in [4.69, 9.17) is 30.2 Å². The van der Waals surface area contributed by atoms with Crippen molar-refractivity contribution in [2.75, 3.05) is 13.2 Å². The van der Waals surface area contributed by atoms with Gasteiger partial charge in [0.05, 0.1) is 12.0 Å². The van der Waals surface area contributed by atoms with Crippen LogP contribution < -0.4 is 9.47 Å². The molecule has 9 heteroatoms. The van der Waals surface area contributed by atoms with Crippen LogP contribution >= 0.6 is 11.6 Å². The van der Waals surface area contributed by atoms with E-state index in [0.717, 1.165) is 5.56 Å². The number of fused-ring (bicyclic) bond motifs is 1. The van der Waals surface area contributed by atoms with Crippen molar-refractivity contribution in [3.63, 3.8) is 0 Å². The highest BCUT2D eigenvalue weighted by Crippen LogP contribution is 2.34. The molecule has 0 fully saturated rings. The normalized spacial score (nSPS) is 19.2. The number of para-hydroxylation sites is 2. The molecule has 2 atom stereocenters. The summed E-state index contributed by atoms with van der Waals surface area (Å²) >= 11 is 5.98. The lowest BCUT2D eigenvalue weighted by Gasteiger charge is -2.25. The third-order valence-corrected chi connectivity index (χ3v) is 5.58. The van der Waals surface area contributed by atoms with Crippen LogP contribution in [0.4, 0.5) is 0 Å². The lowest BCUT2D eigenvalue weighted by Crippen LogP contribution is -2.40. The number of hydrogen-bond donors (Lipinski definition) is 0. The van der Waals surface area contributed by atoms with Crippen molar-refractivity contribution >= 4 is 29.2 Å². The maximum atomic E-state index is 13.0. The lowest BCUT2D eigenvalue weighted by molar-refractivity contribution is -0.160. The van der Waals surface area contributed by atoms with Crippen molar-refractivity contribution in [2.45, 2.75) is 18.6 Å². The second-order valence-electron chi connectivity index (χ2n) is 7.50. The minimum absolute atomic E-state index is 0.00163. The maximum absolute atomic E-state index is 13.0. The van der Waals surface area contributed by atoms with Crippen molar-refractivity contribution in [1.82, 2.24) is 5.01 Å². The van der Waals surface area contributed by atoms with Gasteiger partial charge < -0.3 is 18.6 Å². The van der Waals surface area contributed by atoms with E-state index >= 15 is 0 Å². The third-order valence-electron chi connectivity index (χ3n) is 5.32. The minimum Gasteiger partial charge on any atom is -0.485 e. The van der Waals surface area contributed by atoms with Crippen LogP contribution in [0.15, 0.2) is 76.4 Å². The Morgan fingerprint density at radius 1 is 1.06 bits per heavy atom. The molecule has 33 heavy (non-hydrogen) atoms. The van der Waals surface area contributed by atoms with E-state index in [1.54, 1.807) is 42.5 Å². The molecule has 2 aliphatic heterocycles. The van der Waals surface area contributed by atoms with Crippen LogP contribution in [0.3, 0.4) is 0 Å². The van der Waals surface area contributed by atoms with Gasteiger partial charge in [0.25, 0.3) is 5.91 Å². The minimum atomic E-state index is -0.958. The van der Waals surface area contributed by atoms with E-state index in [1.807, 2.05) is 18.2 Å². The summed E-state index contributed by atoms with van der Waals surface area (Å²) in [5, 5.41) is 6.40. The summed E-state index contributed by atoms with van der Waals surface area (Å²) in [7, 11) is 0. The highest BCUT2D eigenvalue weighted by molar-refractivity contribution is 6.30. The number of nitrogens with zero attached hydrogens (tertiary/aromatic N) is 2. The van der Waals surface area contributed by atoms with Crippen molar-refractivity contribution < 1.29 is 28.2 Å². The fourth-order valence-electron chi connectivity index (χ4n) is 3.69. The fraction of sp³-hybridized carbons (Fsp3) is 0.208. The predicted molar refractivity (Wildman–Crippen MR) is 118 cm³/mol. The summed E-state index contributed by atoms with van der Waals surface area (Å²) in [4.78, 5) is 25.5. The standard InChI is InChI=1S/C24H19ClN2O6/c25-16-9-7-15(8-10-16)17-12-18(19-6-3-11-30-19)27(26-17)23(28)14-32-24(29)22-13-31-20-4-1-2-5-21(20)33-22/h1-11,18,22H,12-14H2/t18-,22-/m1/s1. The molecule has 1 amide bonds. The second-order valence-corrected chi connectivity index (χ2v) is 7.94. The number of carbonyl (C=O) groups excluding carboxylic acids is 2. The molecule has 1 aromatic heterocycles. The van der Waals surface area contributed by atoms with E-state index in [9.17, 15) is 9.59 Å². The molecule has 0 spiro atoms. The van der Waals surface area contributed by atoms with Crippen molar-refractivity contribution in [1.29, 1.82) is 0 Å². The van der Waals surface area contributed by atoms with Gasteiger partial charge in [0.2, 0.25) is 6.10 Å². The summed E-state index contributed by atoms with van der Waals surface area (Å²) in [5.74, 6) is 0.425. The molecule has 0 N–H and O–H groups in total. The topological polar surface area (TPSA) is 90.6 Å². The van der Waals surface area contributed by atoms with Gasteiger partial charge in [-0.2, -0.15) is 5.10 Å². The Balaban J connectivity index is 1.27. The van der Waals surface area contributed by atoms with Crippen LogP contribution in [0.5, 0.6) is 11.5 Å². The van der Waals surface area contributed by atoms with E-state index in [2.05, 4.69) is 5.10 Å². The summed E-state index contributed by atoms with van der Waals surface area (Å²) < 4.78 is 21.9. The molecule has 0 saturated carbocycles. The fourth-order valence-corrected chi connectivity index (χ4v) is 3.81. The Kier molecular flexibility index (Phi) is 5.75. The SMILES string of the molecule is O=C(OCC(=O)N1N=C(c2ccc(Cl)cc2)C[C@@H]1c1ccco1)[C@H]1COc2ccccc2O1. The Morgan fingerprint density at radius 3 is 2.61 bits per heavy atom. The molecule has 0 saturated heterocycles. The molecule has 2 aromatic carbocycles. The monoisotopic (exact) mass is 466 g/mol. The number of furan rings is 1. The Morgan fingerprint density at radius 2 is 1.85 bits per heavy atom. The molecule has 0 aliphatic carbocycles. The first kappa shape index (κ1) is 21.1. The molecule has 8 nitrogen and oxygen atoms in total. The second kappa shape index (κ2) is 8.99. The van der Waals surface area contributed by atoms with Crippen molar-refractivity contribution in [3.8, 4) is 11.5 Å². The number of benzene rings is 2. The molecule has 5 rings (SSSR count). The maximum Gasteiger partial charge on any atom is 0.351 e. The molecule has 2 aliphatic rings. The Labute approximate surface area is 194 Å². The number of halogens is 1. The summed E-state index contributed by atoms with van der Waals surface area (Å²) in [6.45, 7) is -0.489. The molecule has 0 unspecified atom stereocenters. The van der Waals surface area contributed by atoms with Gasteiger partial charge in [-0.25, -0.2) is 9.80 Å². The van der Waals surface area contributed by atoms with Crippen molar-refractivity contribution in [2.24, 2.45) is 5.10 Å². The summed E-state index contributed by atoms with van der Waals surface area (Å²) in [6.07, 6.45) is 1.03. The van der Waals surface area contributed by atoms with Crippen molar-refractivity contribution in [3.05, 3.63) is 83.3 Å². The largest absolute Gasteiger partial charge is 0.485 e. The zero-order valence-electron chi connectivity index (χ0n) is 17.3. The van der Waals surface area contributed by atoms with Gasteiger partial charge in [0, 0.05) is 11.4 Å². The number of carbonyl (C=O) groups is 2. The van der Waals surface area contributed by atoms with E-state index in [0.29, 0.717) is 34.4 Å². The zero-order valence-corrected chi connectivity index (χ0v) is 18.1. The summed E-state index contributed by atoms with van der Waals surface area (Å²) in [6, 6.07) is 17.3. The Bertz CT molecular complexity index is 1190. The van der Waals surface area contributed by atoms with Gasteiger partial charge in [-0.3, -0.25) is 4.79 Å². The van der Waals surface area contributed by atoms with Gasteiger partial charge in [-0.15, -0.1) is 0 Å². The number of hydrazone groups is 1. The van der Waals surface area contributed by atoms with Gasteiger partial charge in [0.1, 0.15) is 18.4 Å². The first-order chi connectivity index (χ1) is 16.1. The molecule has 3 heterocycles. The number of hydrogen-bond acceptors (Lipinski definition) is 7. The van der Waals surface area contributed by atoms with Crippen LogP contribution in [-0.2, 0) is 14.3 Å². The van der Waals surface area contributed by atoms with Gasteiger partial charge >= 0.3 is 5.97 Å². The van der Waals surface area contributed by atoms with Crippen LogP contribution in [0.2, 0.25) is 5.02 Å². The average molecular weight is 467 g/mol. The number of rotatable bonds is 5. The first-order valence-electron chi connectivity index (χ1n) is 10.3. The number of amides is 1. The quantitative estimate of drug-likeness (QED) is 0.528. The van der Waals surface area contributed by atoms with Gasteiger partial charge in [-0.1, -0.05) is 35.9 Å². The molecular weight excluding hydrogens is 448 g/mol. The van der Waals surface area contributed by atoms with E-state index in [1.165, 1.54) is 11.3 Å².